The molecule has 5 rings (SSSR count). The van der Waals surface area contributed by atoms with E-state index in [9.17, 15) is 0 Å². The van der Waals surface area contributed by atoms with Crippen molar-refractivity contribution >= 4 is 11.7 Å². The van der Waals surface area contributed by atoms with Gasteiger partial charge in [0.05, 0.1) is 25.5 Å². The molecule has 1 aliphatic rings. The Morgan fingerprint density at radius 3 is 2.45 bits per heavy atom. The smallest absolute Gasteiger partial charge is 0.231 e. The van der Waals surface area contributed by atoms with Crippen LogP contribution in [0.25, 0.3) is 23.1 Å². The van der Waals surface area contributed by atoms with E-state index in [0.29, 0.717) is 23.0 Å². The molecule has 0 saturated carbocycles. The number of hydrogen-bond donors (Lipinski definition) is 0. The van der Waals surface area contributed by atoms with Gasteiger partial charge in [0.2, 0.25) is 6.79 Å². The van der Waals surface area contributed by atoms with Crippen LogP contribution < -0.4 is 24.2 Å². The minimum Gasteiger partial charge on any atom is -0.497 e. The second kappa shape index (κ2) is 7.65. The van der Waals surface area contributed by atoms with Crippen LogP contribution in [0.5, 0.6) is 23.0 Å². The molecule has 2 aromatic heterocycles. The summed E-state index contributed by atoms with van der Waals surface area (Å²) in [6, 6.07) is 9.57. The number of rotatable bonds is 4. The molecule has 0 saturated heterocycles. The Kier molecular flexibility index (Phi) is 4.88. The van der Waals surface area contributed by atoms with Gasteiger partial charge in [-0.25, -0.2) is 0 Å². The summed E-state index contributed by atoms with van der Waals surface area (Å²) in [5.41, 5.74) is 4.24. The van der Waals surface area contributed by atoms with Crippen molar-refractivity contribution in [2.75, 3.05) is 21.0 Å². The first-order chi connectivity index (χ1) is 15.8. The Labute approximate surface area is 191 Å². The fourth-order valence-corrected chi connectivity index (χ4v) is 4.02. The lowest BCUT2D eigenvalue weighted by Gasteiger charge is -2.15. The average molecular weight is 447 g/mol. The molecule has 0 amide bonds. The van der Waals surface area contributed by atoms with E-state index in [1.165, 1.54) is 0 Å². The molecule has 0 aliphatic carbocycles. The van der Waals surface area contributed by atoms with E-state index < -0.39 is 0 Å². The van der Waals surface area contributed by atoms with Crippen molar-refractivity contribution in [3.8, 4) is 34.4 Å². The largest absolute Gasteiger partial charge is 0.497 e. The summed E-state index contributed by atoms with van der Waals surface area (Å²) in [5.74, 6) is 3.47. The standard InChI is InChI=1S/C25H26N4O4/c1-14-9-20-21(33-13-32-20)11-15(14)10-18-22(25(2,3)4)28-29-23(26-27-24(18)29)17-12-16(30-5)7-8-19(17)31-6/h7-12H,13H2,1-6H3/b18-10-. The number of hydrogen-bond acceptors (Lipinski definition) is 7. The number of aryl methyl sites for hydroxylation is 1. The molecule has 0 atom stereocenters. The van der Waals surface area contributed by atoms with E-state index in [2.05, 4.69) is 44.0 Å². The average Bonchev–Trinajstić information content (AvgIpc) is 3.49. The first-order valence-corrected chi connectivity index (χ1v) is 10.7. The molecule has 4 aromatic rings. The van der Waals surface area contributed by atoms with Crippen molar-refractivity contribution < 1.29 is 18.9 Å². The lowest BCUT2D eigenvalue weighted by atomic mass is 9.90. The van der Waals surface area contributed by atoms with Crippen LogP contribution in [0.3, 0.4) is 0 Å². The minimum absolute atomic E-state index is 0.216. The molecule has 0 radical (unpaired) electrons. The number of nitrogens with zero attached hydrogens (tertiary/aromatic N) is 4. The number of methoxy groups -OCH3 is 2. The van der Waals surface area contributed by atoms with Crippen molar-refractivity contribution in [3.63, 3.8) is 0 Å². The van der Waals surface area contributed by atoms with Gasteiger partial charge in [-0.2, -0.15) is 9.61 Å². The van der Waals surface area contributed by atoms with Gasteiger partial charge in [-0.1, -0.05) is 20.8 Å². The highest BCUT2D eigenvalue weighted by Gasteiger charge is 2.25. The fourth-order valence-electron chi connectivity index (χ4n) is 4.02. The third-order valence-corrected chi connectivity index (χ3v) is 5.76. The summed E-state index contributed by atoms with van der Waals surface area (Å²) in [6.45, 7) is 8.70. The van der Waals surface area contributed by atoms with E-state index in [-0.39, 0.29) is 12.2 Å². The highest BCUT2D eigenvalue weighted by atomic mass is 16.7. The maximum Gasteiger partial charge on any atom is 0.231 e. The number of benzene rings is 2. The molecular weight excluding hydrogens is 420 g/mol. The van der Waals surface area contributed by atoms with Crippen molar-refractivity contribution in [1.29, 1.82) is 0 Å². The van der Waals surface area contributed by atoms with Gasteiger partial charge < -0.3 is 18.9 Å². The van der Waals surface area contributed by atoms with Crippen LogP contribution in [-0.2, 0) is 5.41 Å². The van der Waals surface area contributed by atoms with E-state index in [4.69, 9.17) is 24.0 Å². The maximum absolute atomic E-state index is 5.59. The number of ether oxygens (including phenoxy) is 4. The Hall–Kier alpha value is -3.81. The number of aromatic nitrogens is 4. The van der Waals surface area contributed by atoms with Crippen LogP contribution in [0.4, 0.5) is 0 Å². The molecule has 0 bridgehead atoms. The molecule has 3 heterocycles. The molecule has 33 heavy (non-hydrogen) atoms. The third-order valence-electron chi connectivity index (χ3n) is 5.76. The van der Waals surface area contributed by atoms with Gasteiger partial charge in [-0.15, -0.1) is 10.2 Å². The van der Waals surface area contributed by atoms with Gasteiger partial charge in [-0.3, -0.25) is 0 Å². The first kappa shape index (κ1) is 21.1. The van der Waals surface area contributed by atoms with Gasteiger partial charge in [0.15, 0.2) is 23.0 Å². The Morgan fingerprint density at radius 1 is 1.00 bits per heavy atom. The second-order valence-corrected chi connectivity index (χ2v) is 9.04. The zero-order valence-electron chi connectivity index (χ0n) is 19.6. The van der Waals surface area contributed by atoms with Crippen LogP contribution in [-0.4, -0.2) is 40.8 Å². The normalized spacial score (nSPS) is 13.7. The molecule has 0 unspecified atom stereocenters. The molecule has 8 nitrogen and oxygen atoms in total. The van der Waals surface area contributed by atoms with E-state index in [1.54, 1.807) is 18.7 Å². The molecule has 2 aromatic carbocycles. The zero-order valence-corrected chi connectivity index (χ0v) is 19.6. The van der Waals surface area contributed by atoms with Crippen LogP contribution in [0, 0.1) is 6.92 Å². The summed E-state index contributed by atoms with van der Waals surface area (Å²) in [5, 5.41) is 14.9. The maximum atomic E-state index is 5.59. The molecular formula is C25H26N4O4. The summed E-state index contributed by atoms with van der Waals surface area (Å²) < 4.78 is 23.9. The lowest BCUT2D eigenvalue weighted by molar-refractivity contribution is 0.174. The molecule has 8 heteroatoms. The Morgan fingerprint density at radius 2 is 1.76 bits per heavy atom. The first-order valence-electron chi connectivity index (χ1n) is 10.7. The van der Waals surface area contributed by atoms with Crippen molar-refractivity contribution in [3.05, 3.63) is 52.4 Å². The van der Waals surface area contributed by atoms with Crippen molar-refractivity contribution in [2.45, 2.75) is 33.1 Å². The van der Waals surface area contributed by atoms with Crippen molar-refractivity contribution in [2.24, 2.45) is 0 Å². The molecule has 0 N–H and O–H groups in total. The lowest BCUT2D eigenvalue weighted by Crippen LogP contribution is -2.22. The second-order valence-electron chi connectivity index (χ2n) is 9.04. The predicted molar refractivity (Wildman–Crippen MR) is 124 cm³/mol. The van der Waals surface area contributed by atoms with E-state index >= 15 is 0 Å². The van der Waals surface area contributed by atoms with Gasteiger partial charge in [0.1, 0.15) is 11.5 Å². The van der Waals surface area contributed by atoms with Gasteiger partial charge in [0, 0.05) is 10.6 Å². The fraction of sp³-hybridized carbons (Fsp3) is 0.320. The highest BCUT2D eigenvalue weighted by molar-refractivity contribution is 5.70. The monoisotopic (exact) mass is 446 g/mol. The summed E-state index contributed by atoms with van der Waals surface area (Å²) in [7, 11) is 3.26. The predicted octanol–water partition coefficient (Wildman–Crippen LogP) is 3.69. The van der Waals surface area contributed by atoms with Gasteiger partial charge in [-0.05, 0) is 54.5 Å². The Balaban J connectivity index is 1.77. The van der Waals surface area contributed by atoms with Gasteiger partial charge in [0.25, 0.3) is 0 Å². The summed E-state index contributed by atoms with van der Waals surface area (Å²) in [4.78, 5) is 0. The van der Waals surface area contributed by atoms with Crippen LogP contribution >= 0.6 is 0 Å². The van der Waals surface area contributed by atoms with E-state index in [1.807, 2.05) is 30.3 Å². The topological polar surface area (TPSA) is 80.0 Å². The summed E-state index contributed by atoms with van der Waals surface area (Å²) in [6.07, 6.45) is 2.10. The SMILES string of the molecule is COc1ccc(OC)c(-c2nnc3/c(=C\c4cc5c(cc4C)OCO5)c(C(C)(C)C)nn23)c1. The molecule has 170 valence electrons. The third kappa shape index (κ3) is 3.51. The Bertz CT molecular complexity index is 1420. The molecule has 0 fully saturated rings. The van der Waals surface area contributed by atoms with Crippen LogP contribution in [0.2, 0.25) is 0 Å². The highest BCUT2D eigenvalue weighted by Crippen LogP contribution is 2.35. The zero-order chi connectivity index (χ0) is 23.3. The van der Waals surface area contributed by atoms with Crippen LogP contribution in [0.1, 0.15) is 37.6 Å². The quantitative estimate of drug-likeness (QED) is 0.473. The minimum atomic E-state index is -0.216. The summed E-state index contributed by atoms with van der Waals surface area (Å²) >= 11 is 0. The molecule has 0 spiro atoms. The van der Waals surface area contributed by atoms with Crippen molar-refractivity contribution in [1.82, 2.24) is 19.8 Å². The van der Waals surface area contributed by atoms with Crippen LogP contribution in [0.15, 0.2) is 30.3 Å². The number of fused-ring (bicyclic) bond motifs is 2. The van der Waals surface area contributed by atoms with Gasteiger partial charge >= 0.3 is 0 Å². The molecule has 1 aliphatic heterocycles. The van der Waals surface area contributed by atoms with E-state index in [0.717, 1.165) is 39.1 Å².